The molecule has 0 aliphatic carbocycles. The molecule has 0 saturated carbocycles. The van der Waals surface area contributed by atoms with Gasteiger partial charge in [-0.05, 0) is 119 Å². The number of pyridine rings is 2. The molecule has 336 valence electrons. The number of halogens is 1. The van der Waals surface area contributed by atoms with Gasteiger partial charge in [-0.25, -0.2) is 26.8 Å². The molecule has 0 bridgehead atoms. The summed E-state index contributed by atoms with van der Waals surface area (Å²) >= 11 is 0. The Balaban J connectivity index is 0.000000242. The van der Waals surface area contributed by atoms with Crippen molar-refractivity contribution in [3.05, 3.63) is 96.3 Å². The first-order chi connectivity index (χ1) is 28.3. The van der Waals surface area contributed by atoms with Crippen LogP contribution in [0.5, 0.6) is 11.5 Å². The number of nitrogens with zero attached hydrogens (tertiary/aromatic N) is 4. The molecule has 5 heterocycles. The molecule has 2 aromatic carbocycles. The maximum absolute atomic E-state index is 12.9. The summed E-state index contributed by atoms with van der Waals surface area (Å²) in [6.07, 6.45) is 7.71. The van der Waals surface area contributed by atoms with Crippen molar-refractivity contribution in [2.75, 3.05) is 58.6 Å². The molecule has 3 N–H and O–H groups in total. The fraction of sp³-hybridized carbons (Fsp3) is 0.500. The van der Waals surface area contributed by atoms with Crippen molar-refractivity contribution in [1.29, 1.82) is 0 Å². The third-order valence-electron chi connectivity index (χ3n) is 11.5. The van der Waals surface area contributed by atoms with Gasteiger partial charge in [0.05, 0.1) is 22.9 Å². The van der Waals surface area contributed by atoms with Gasteiger partial charge in [0.2, 0.25) is 20.0 Å². The van der Waals surface area contributed by atoms with Crippen LogP contribution in [0.15, 0.2) is 85.2 Å². The Morgan fingerprint density at radius 3 is 1.41 bits per heavy atom. The van der Waals surface area contributed by atoms with Crippen molar-refractivity contribution in [3.8, 4) is 11.5 Å². The van der Waals surface area contributed by atoms with Gasteiger partial charge >= 0.3 is 0 Å². The van der Waals surface area contributed by atoms with Crippen molar-refractivity contribution < 1.29 is 31.1 Å². The van der Waals surface area contributed by atoms with E-state index in [0.717, 1.165) is 37.7 Å². The van der Waals surface area contributed by atoms with E-state index in [-0.39, 0.29) is 29.0 Å². The molecule has 7 rings (SSSR count). The second-order valence-corrected chi connectivity index (χ2v) is 25.9. The first-order valence-electron chi connectivity index (χ1n) is 20.9. The molecule has 0 amide bonds. The van der Waals surface area contributed by atoms with Crippen LogP contribution in [0.3, 0.4) is 0 Å². The third-order valence-corrected chi connectivity index (χ3v) is 19.6. The van der Waals surface area contributed by atoms with Crippen LogP contribution in [0.4, 0.5) is 23.0 Å². The number of rotatable bonds is 10. The molecule has 61 heavy (non-hydrogen) atoms. The first-order valence-corrected chi connectivity index (χ1v) is 26.9. The van der Waals surface area contributed by atoms with Crippen LogP contribution in [-0.2, 0) is 24.8 Å². The largest absolute Gasteiger partial charge is 0.542 e. The molecule has 0 radical (unpaired) electrons. The first kappa shape index (κ1) is 49.6. The SMILES string of the molecule is C1CCOC1.Cc1ccc(N2CCC(S(=O)(=O)Nc3ccc(O)cn3)CC2)cc1.Cc1ccc(N2CCC(S(=O)(=O)Nc3ccc(O[Si](C)(C)C(C)(C)C)cn3)CC2)cc1.Cl. The second-order valence-electron chi connectivity index (χ2n) is 17.3. The number of hydrogen-bond donors (Lipinski definition) is 3. The van der Waals surface area contributed by atoms with Crippen molar-refractivity contribution in [2.45, 2.75) is 102 Å². The van der Waals surface area contributed by atoms with Gasteiger partial charge in [-0.15, -0.1) is 12.4 Å². The van der Waals surface area contributed by atoms with E-state index in [9.17, 15) is 21.9 Å². The van der Waals surface area contributed by atoms with Gasteiger partial charge in [-0.2, -0.15) is 0 Å². The molecule has 13 nitrogen and oxygen atoms in total. The van der Waals surface area contributed by atoms with E-state index in [2.05, 4.69) is 119 Å². The van der Waals surface area contributed by atoms with Crippen LogP contribution in [0.2, 0.25) is 18.1 Å². The quantitative estimate of drug-likeness (QED) is 0.130. The normalized spacial score (nSPS) is 16.6. The zero-order valence-electron chi connectivity index (χ0n) is 36.6. The summed E-state index contributed by atoms with van der Waals surface area (Å²) in [6, 6.07) is 23.0. The zero-order valence-corrected chi connectivity index (χ0v) is 40.1. The van der Waals surface area contributed by atoms with Crippen molar-refractivity contribution in [1.82, 2.24) is 9.97 Å². The fourth-order valence-corrected chi connectivity index (χ4v) is 10.6. The highest BCUT2D eigenvalue weighted by atomic mass is 35.5. The maximum atomic E-state index is 12.9. The Bertz CT molecular complexity index is 2150. The van der Waals surface area contributed by atoms with E-state index in [1.54, 1.807) is 18.3 Å². The maximum Gasteiger partial charge on any atom is 0.250 e. The lowest BCUT2D eigenvalue weighted by molar-refractivity contribution is 0.198. The molecule has 0 unspecified atom stereocenters. The van der Waals surface area contributed by atoms with Gasteiger partial charge in [0, 0.05) is 50.8 Å². The average molecular weight is 918 g/mol. The van der Waals surface area contributed by atoms with Crippen molar-refractivity contribution >= 4 is 63.8 Å². The van der Waals surface area contributed by atoms with Gasteiger partial charge in [0.25, 0.3) is 8.32 Å². The highest BCUT2D eigenvalue weighted by molar-refractivity contribution is 7.93. The molecular weight excluding hydrogens is 852 g/mol. The van der Waals surface area contributed by atoms with Crippen LogP contribution in [0, 0.1) is 13.8 Å². The second kappa shape index (κ2) is 21.8. The molecule has 3 aliphatic rings. The third kappa shape index (κ3) is 14.8. The van der Waals surface area contributed by atoms with Crippen LogP contribution in [0.1, 0.15) is 70.4 Å². The molecule has 17 heteroatoms. The van der Waals surface area contributed by atoms with Gasteiger partial charge in [0.15, 0.2) is 0 Å². The van der Waals surface area contributed by atoms with Crippen molar-refractivity contribution in [2.24, 2.45) is 0 Å². The fourth-order valence-electron chi connectivity index (χ4n) is 6.72. The predicted molar refractivity (Wildman–Crippen MR) is 253 cm³/mol. The summed E-state index contributed by atoms with van der Waals surface area (Å²) in [4.78, 5) is 12.6. The molecule has 0 spiro atoms. The summed E-state index contributed by atoms with van der Waals surface area (Å²) in [5.41, 5.74) is 4.71. The summed E-state index contributed by atoms with van der Waals surface area (Å²) < 4.78 is 67.1. The topological polar surface area (TPSA) is 163 Å². The number of aryl methyl sites for hydroxylation is 2. The minimum absolute atomic E-state index is 0. The number of nitrogens with one attached hydrogen (secondary N) is 2. The van der Waals surface area contributed by atoms with Crippen LogP contribution < -0.4 is 23.7 Å². The number of aromatic nitrogens is 2. The smallest absolute Gasteiger partial charge is 0.250 e. The number of ether oxygens (including phenoxy) is 1. The van der Waals surface area contributed by atoms with Crippen LogP contribution in [0.25, 0.3) is 0 Å². The Labute approximate surface area is 371 Å². The molecular formula is C44H65ClN6O7S2Si. The number of aromatic hydroxyl groups is 1. The lowest BCUT2D eigenvalue weighted by Gasteiger charge is -2.36. The minimum Gasteiger partial charge on any atom is -0.542 e. The summed E-state index contributed by atoms with van der Waals surface area (Å²) in [6.45, 7) is 19.9. The van der Waals surface area contributed by atoms with Gasteiger partial charge < -0.3 is 24.1 Å². The summed E-state index contributed by atoms with van der Waals surface area (Å²) in [5.74, 6) is 1.25. The van der Waals surface area contributed by atoms with E-state index >= 15 is 0 Å². The molecule has 2 aromatic heterocycles. The number of benzene rings is 2. The number of piperidine rings is 2. The molecule has 4 aromatic rings. The highest BCUT2D eigenvalue weighted by Gasteiger charge is 2.39. The number of anilines is 4. The Morgan fingerprint density at radius 2 is 1.08 bits per heavy atom. The monoisotopic (exact) mass is 916 g/mol. The van der Waals surface area contributed by atoms with Gasteiger partial charge in [0.1, 0.15) is 23.1 Å². The molecule has 3 saturated heterocycles. The highest BCUT2D eigenvalue weighted by Crippen LogP contribution is 2.37. The van der Waals surface area contributed by atoms with E-state index in [0.29, 0.717) is 50.3 Å². The van der Waals surface area contributed by atoms with E-state index in [4.69, 9.17) is 9.16 Å². The molecule has 3 fully saturated rings. The predicted octanol–water partition coefficient (Wildman–Crippen LogP) is 8.91. The summed E-state index contributed by atoms with van der Waals surface area (Å²) in [7, 11) is -8.93. The standard InChI is InChI=1S/C23H35N3O3SSi.C17H21N3O3S.C4H8O.ClH/c1-18-7-9-19(10-8-18)26-15-13-21(14-16-26)30(27,28)25-22-12-11-20(17-24-22)29-31(5,6)23(2,3)4;1-13-2-4-14(5-3-13)20-10-8-16(9-11-20)24(22,23)19-17-7-6-15(21)12-18-17;1-2-4-5-3-1;/h7-12,17,21H,13-16H2,1-6H3,(H,24,25);2-7,12,16,21H,8-11H2,1H3,(H,18,19);1-4H2;1H. The van der Waals surface area contributed by atoms with E-state index < -0.39 is 38.9 Å². The lowest BCUT2D eigenvalue weighted by atomic mass is 10.1. The van der Waals surface area contributed by atoms with Crippen molar-refractivity contribution in [3.63, 3.8) is 0 Å². The molecule has 0 atom stereocenters. The lowest BCUT2D eigenvalue weighted by Crippen LogP contribution is -2.43. The number of sulfonamides is 2. The zero-order chi connectivity index (χ0) is 43.6. The van der Waals surface area contributed by atoms with E-state index in [1.807, 2.05) is 6.92 Å². The van der Waals surface area contributed by atoms with E-state index in [1.165, 1.54) is 42.3 Å². The van der Waals surface area contributed by atoms with Gasteiger partial charge in [-0.3, -0.25) is 9.44 Å². The number of hydrogen-bond acceptors (Lipinski definition) is 11. The Kier molecular flexibility index (Phi) is 17.7. The van der Waals surface area contributed by atoms with Gasteiger partial charge in [-0.1, -0.05) is 56.2 Å². The van der Waals surface area contributed by atoms with Crippen LogP contribution in [-0.4, -0.2) is 90.1 Å². The molecule has 3 aliphatic heterocycles. The Hall–Kier alpha value is -4.09. The minimum atomic E-state index is -3.49. The summed E-state index contributed by atoms with van der Waals surface area (Å²) in [5, 5.41) is 8.44. The Morgan fingerprint density at radius 1 is 0.672 bits per heavy atom. The van der Waals surface area contributed by atoms with Crippen LogP contribution >= 0.6 is 12.4 Å². The average Bonchev–Trinajstić information content (AvgIpc) is 3.81.